The largest absolute Gasteiger partial charge is 0.466 e. The quantitative estimate of drug-likeness (QED) is 0.252. The summed E-state index contributed by atoms with van der Waals surface area (Å²) in [6, 6.07) is 4.02. The topological polar surface area (TPSA) is 137 Å². The fraction of sp³-hybridized carbons (Fsp3) is 0.536. The number of nitrogens with zero attached hydrogens (tertiary/aromatic N) is 4. The Morgan fingerprint density at radius 1 is 1.16 bits per heavy atom. The first kappa shape index (κ1) is 37.3. The van der Waals surface area contributed by atoms with E-state index in [1.165, 1.54) is 13.5 Å². The molecule has 1 fully saturated rings. The zero-order chi connectivity index (χ0) is 29.7. The maximum absolute atomic E-state index is 12.2. The maximum atomic E-state index is 12.2. The molecule has 10 heteroatoms. The molecule has 4 N–H and O–H groups in total. The van der Waals surface area contributed by atoms with Crippen LogP contribution in [0.3, 0.4) is 0 Å². The van der Waals surface area contributed by atoms with Crippen molar-refractivity contribution >= 4 is 46.7 Å². The number of hydrogen-bond donors (Lipinski definition) is 2. The summed E-state index contributed by atoms with van der Waals surface area (Å²) < 4.78 is 6.20. The Balaban J connectivity index is 0. The average Bonchev–Trinajstić information content (AvgIpc) is 2.94. The summed E-state index contributed by atoms with van der Waals surface area (Å²) >= 11 is 3.57. The number of halogens is 1. The number of amides is 1. The second kappa shape index (κ2) is 21.1. The Morgan fingerprint density at radius 2 is 1.63 bits per heavy atom. The average molecular weight is 596 g/mol. The predicted octanol–water partition coefficient (Wildman–Crippen LogP) is 5.84. The number of hydrogen-bond acceptors (Lipinski definition) is 8. The van der Waals surface area contributed by atoms with E-state index in [1.807, 2.05) is 59.1 Å². The molecule has 214 valence electrons. The number of ether oxygens (including phenoxy) is 1. The molecule has 1 aromatic carbocycles. The van der Waals surface area contributed by atoms with Gasteiger partial charge in [-0.05, 0) is 70.6 Å². The third-order valence-electron chi connectivity index (χ3n) is 5.38. The summed E-state index contributed by atoms with van der Waals surface area (Å²) in [7, 11) is 1.50. The van der Waals surface area contributed by atoms with Crippen LogP contribution in [0, 0.1) is 12.3 Å². The van der Waals surface area contributed by atoms with Gasteiger partial charge in [0.15, 0.2) is 0 Å². The lowest BCUT2D eigenvalue weighted by molar-refractivity contribution is -0.155. The third kappa shape index (κ3) is 11.7. The van der Waals surface area contributed by atoms with Gasteiger partial charge in [-0.25, -0.2) is 9.97 Å². The molecule has 9 nitrogen and oxygen atoms in total. The van der Waals surface area contributed by atoms with E-state index in [9.17, 15) is 4.79 Å². The molecular formula is C28H47BrN6O3. The lowest BCUT2D eigenvalue weighted by Crippen LogP contribution is -2.44. The number of primary amides is 1. The second-order valence-corrected chi connectivity index (χ2v) is 9.00. The van der Waals surface area contributed by atoms with Crippen molar-refractivity contribution in [3.05, 3.63) is 34.6 Å². The highest BCUT2D eigenvalue weighted by Crippen LogP contribution is 2.35. The number of carbonyl (C=O) groups excluding carboxylic acids is 2. The Kier molecular flexibility index (Phi) is 20.7. The minimum absolute atomic E-state index is 0.109. The van der Waals surface area contributed by atoms with Crippen LogP contribution in [0.1, 0.15) is 66.4 Å². The highest BCUT2D eigenvalue weighted by Gasteiger charge is 2.38. The maximum Gasteiger partial charge on any atom is 0.311 e. The fourth-order valence-electron chi connectivity index (χ4n) is 3.34. The SMILES string of the molecule is C=Nc1cc(-c2cnc(N3CCC(C)(C(=O)OCC)CC3)nc2)cc(Br)c1C.CC.CCC.CN.NC=O. The van der Waals surface area contributed by atoms with E-state index >= 15 is 0 Å². The molecule has 3 rings (SSSR count). The standard InChI is InChI=1S/C21H25BrN4O2.C3H8.C2H6.CH3NO.CH5N/c1-5-28-19(27)21(3)6-8-26(9-7-21)20-24-12-16(13-25-20)15-10-17(22)14(2)18(11-15)23-4;1-3-2;1-2;2-1-3;1-2/h10-13H,4-9H2,1-3H3;3H2,1-2H3;1-2H3;1H,(H2,2,3);2H2,1H3. The molecule has 1 aliphatic heterocycles. The monoisotopic (exact) mass is 594 g/mol. The Labute approximate surface area is 237 Å². The molecule has 0 saturated carbocycles. The van der Waals surface area contributed by atoms with Crippen molar-refractivity contribution in [3.63, 3.8) is 0 Å². The van der Waals surface area contributed by atoms with E-state index in [2.05, 4.69) is 67.8 Å². The van der Waals surface area contributed by atoms with Crippen molar-refractivity contribution in [2.24, 2.45) is 21.9 Å². The number of carbonyl (C=O) groups is 2. The number of anilines is 1. The number of aromatic nitrogens is 2. The van der Waals surface area contributed by atoms with Gasteiger partial charge in [-0.15, -0.1) is 0 Å². The minimum atomic E-state index is -0.422. The van der Waals surface area contributed by atoms with Crippen LogP contribution in [0.25, 0.3) is 11.1 Å². The first-order chi connectivity index (χ1) is 18.2. The number of nitrogens with two attached hydrogens (primary N) is 2. The molecule has 0 unspecified atom stereocenters. The molecule has 0 radical (unpaired) electrons. The molecule has 1 amide bonds. The van der Waals surface area contributed by atoms with Crippen LogP contribution in [0.2, 0.25) is 0 Å². The molecule has 0 aliphatic carbocycles. The van der Waals surface area contributed by atoms with Crippen LogP contribution in [-0.2, 0) is 14.3 Å². The first-order valence-electron chi connectivity index (χ1n) is 13.0. The van der Waals surface area contributed by atoms with Crippen LogP contribution >= 0.6 is 15.9 Å². The smallest absolute Gasteiger partial charge is 0.311 e. The molecule has 2 aromatic rings. The van der Waals surface area contributed by atoms with Crippen molar-refractivity contribution in [1.29, 1.82) is 0 Å². The minimum Gasteiger partial charge on any atom is -0.466 e. The van der Waals surface area contributed by atoms with Crippen LogP contribution in [-0.4, -0.2) is 55.8 Å². The van der Waals surface area contributed by atoms with E-state index in [0.29, 0.717) is 12.6 Å². The van der Waals surface area contributed by atoms with E-state index in [1.54, 1.807) is 0 Å². The van der Waals surface area contributed by atoms with Crippen LogP contribution in [0.5, 0.6) is 0 Å². The van der Waals surface area contributed by atoms with Gasteiger partial charge in [0.05, 0.1) is 17.7 Å². The van der Waals surface area contributed by atoms with Gasteiger partial charge in [-0.2, -0.15) is 0 Å². The molecule has 1 saturated heterocycles. The Hall–Kier alpha value is -2.85. The van der Waals surface area contributed by atoms with Crippen molar-refractivity contribution in [3.8, 4) is 11.1 Å². The molecule has 0 atom stereocenters. The van der Waals surface area contributed by atoms with Crippen molar-refractivity contribution in [2.45, 2.75) is 67.7 Å². The highest BCUT2D eigenvalue weighted by atomic mass is 79.9. The molecule has 38 heavy (non-hydrogen) atoms. The molecule has 1 aliphatic rings. The fourth-order valence-corrected chi connectivity index (χ4v) is 3.79. The zero-order valence-electron chi connectivity index (χ0n) is 24.4. The molecule has 0 bridgehead atoms. The molecule has 2 heterocycles. The summed E-state index contributed by atoms with van der Waals surface area (Å²) in [5.74, 6) is 0.574. The number of rotatable bonds is 5. The van der Waals surface area contributed by atoms with Gasteiger partial charge in [0.25, 0.3) is 0 Å². The molecular weight excluding hydrogens is 548 g/mol. The lowest BCUT2D eigenvalue weighted by Gasteiger charge is -2.37. The second-order valence-electron chi connectivity index (χ2n) is 8.14. The van der Waals surface area contributed by atoms with Gasteiger partial charge in [-0.1, -0.05) is 50.0 Å². The number of esters is 1. The summed E-state index contributed by atoms with van der Waals surface area (Å²) in [6.07, 6.45) is 6.61. The number of aliphatic imine (C=N–C) groups is 1. The van der Waals surface area contributed by atoms with E-state index in [0.717, 1.165) is 52.8 Å². The van der Waals surface area contributed by atoms with Gasteiger partial charge in [0, 0.05) is 35.5 Å². The Bertz CT molecular complexity index is 946. The van der Waals surface area contributed by atoms with Crippen molar-refractivity contribution in [2.75, 3.05) is 31.6 Å². The van der Waals surface area contributed by atoms with Gasteiger partial charge in [-0.3, -0.25) is 14.6 Å². The molecule has 1 aromatic heterocycles. The highest BCUT2D eigenvalue weighted by molar-refractivity contribution is 9.10. The zero-order valence-corrected chi connectivity index (χ0v) is 26.0. The summed E-state index contributed by atoms with van der Waals surface area (Å²) in [6.45, 7) is 19.6. The Morgan fingerprint density at radius 3 is 2.05 bits per heavy atom. The third-order valence-corrected chi connectivity index (χ3v) is 6.20. The number of benzene rings is 1. The summed E-state index contributed by atoms with van der Waals surface area (Å²) in [5.41, 5.74) is 12.0. The molecule has 0 spiro atoms. The van der Waals surface area contributed by atoms with E-state index in [4.69, 9.17) is 9.53 Å². The van der Waals surface area contributed by atoms with Crippen LogP contribution < -0.4 is 16.4 Å². The first-order valence-corrected chi connectivity index (χ1v) is 13.7. The van der Waals surface area contributed by atoms with Crippen molar-refractivity contribution in [1.82, 2.24) is 9.97 Å². The number of piperidine rings is 1. The van der Waals surface area contributed by atoms with Crippen LogP contribution in [0.4, 0.5) is 11.6 Å². The lowest BCUT2D eigenvalue weighted by atomic mass is 9.80. The summed E-state index contributed by atoms with van der Waals surface area (Å²) in [4.78, 5) is 36.1. The van der Waals surface area contributed by atoms with Gasteiger partial charge >= 0.3 is 5.97 Å². The van der Waals surface area contributed by atoms with Crippen LogP contribution in [0.15, 0.2) is 34.0 Å². The van der Waals surface area contributed by atoms with Gasteiger partial charge < -0.3 is 21.1 Å². The van der Waals surface area contributed by atoms with Gasteiger partial charge in [0.2, 0.25) is 12.4 Å². The normalized spacial score (nSPS) is 12.8. The summed E-state index contributed by atoms with van der Waals surface area (Å²) in [5, 5.41) is 0. The van der Waals surface area contributed by atoms with Gasteiger partial charge in [0.1, 0.15) is 0 Å². The van der Waals surface area contributed by atoms with E-state index in [-0.39, 0.29) is 12.4 Å². The van der Waals surface area contributed by atoms with E-state index < -0.39 is 5.41 Å². The predicted molar refractivity (Wildman–Crippen MR) is 163 cm³/mol. The van der Waals surface area contributed by atoms with Crippen molar-refractivity contribution < 1.29 is 14.3 Å².